The molecule has 25 heavy (non-hydrogen) atoms. The van der Waals surface area contributed by atoms with Gasteiger partial charge in [0, 0.05) is 61.6 Å². The maximum Gasteiger partial charge on any atom is 0.128 e. The molecule has 5 heteroatoms. The fraction of sp³-hybridized carbons (Fsp3) is 0.350. The predicted molar refractivity (Wildman–Crippen MR) is 101 cm³/mol. The number of β-amino-alcohol motifs (C(OH)–C–C–N with tert-alkyl or cyclic N) is 1. The summed E-state index contributed by atoms with van der Waals surface area (Å²) in [6, 6.07) is 12.3. The van der Waals surface area contributed by atoms with Gasteiger partial charge in [0.05, 0.1) is 6.10 Å². The molecule has 1 aromatic carbocycles. The number of aryl methyl sites for hydroxylation is 1. The van der Waals surface area contributed by atoms with Crippen molar-refractivity contribution in [3.05, 3.63) is 59.9 Å². The van der Waals surface area contributed by atoms with Crippen LogP contribution < -0.4 is 4.90 Å². The van der Waals surface area contributed by atoms with Gasteiger partial charge in [-0.2, -0.15) is 0 Å². The SMILES string of the molecule is Cc1ccc2[nH]cc([C@@H](O)CN3CCN(c4ccccn4)CC3)c2c1. The largest absolute Gasteiger partial charge is 0.387 e. The first kappa shape index (κ1) is 16.1. The molecule has 1 saturated heterocycles. The van der Waals surface area contributed by atoms with Crippen molar-refractivity contribution in [2.75, 3.05) is 37.6 Å². The molecule has 0 radical (unpaired) electrons. The number of piperazine rings is 1. The number of H-pyrrole nitrogens is 1. The van der Waals surface area contributed by atoms with Gasteiger partial charge in [-0.3, -0.25) is 4.90 Å². The predicted octanol–water partition coefficient (Wildman–Crippen LogP) is 2.73. The molecule has 5 nitrogen and oxygen atoms in total. The number of aliphatic hydroxyl groups excluding tert-OH is 1. The first-order chi connectivity index (χ1) is 12.2. The highest BCUT2D eigenvalue weighted by atomic mass is 16.3. The Bertz CT molecular complexity index is 837. The van der Waals surface area contributed by atoms with Gasteiger partial charge in [0.2, 0.25) is 0 Å². The van der Waals surface area contributed by atoms with E-state index in [-0.39, 0.29) is 0 Å². The normalized spacial score (nSPS) is 17.1. The van der Waals surface area contributed by atoms with Gasteiger partial charge in [-0.1, -0.05) is 17.7 Å². The van der Waals surface area contributed by atoms with Gasteiger partial charge >= 0.3 is 0 Å². The van der Waals surface area contributed by atoms with E-state index in [1.165, 1.54) is 5.56 Å². The molecule has 2 aromatic heterocycles. The van der Waals surface area contributed by atoms with Gasteiger partial charge < -0.3 is 15.0 Å². The van der Waals surface area contributed by atoms with Crippen LogP contribution in [0.4, 0.5) is 5.82 Å². The van der Waals surface area contributed by atoms with Crippen LogP contribution in [0.3, 0.4) is 0 Å². The van der Waals surface area contributed by atoms with E-state index in [4.69, 9.17) is 0 Å². The van der Waals surface area contributed by atoms with Crippen LogP contribution in [-0.4, -0.2) is 52.7 Å². The Morgan fingerprint density at radius 3 is 2.76 bits per heavy atom. The van der Waals surface area contributed by atoms with Gasteiger partial charge in [0.25, 0.3) is 0 Å². The Morgan fingerprint density at radius 1 is 1.16 bits per heavy atom. The van der Waals surface area contributed by atoms with Crippen molar-refractivity contribution in [1.29, 1.82) is 0 Å². The fourth-order valence-electron chi connectivity index (χ4n) is 3.58. The zero-order chi connectivity index (χ0) is 17.2. The second-order valence-corrected chi connectivity index (χ2v) is 6.78. The summed E-state index contributed by atoms with van der Waals surface area (Å²) >= 11 is 0. The number of aromatic amines is 1. The van der Waals surface area contributed by atoms with Crippen molar-refractivity contribution in [3.63, 3.8) is 0 Å². The van der Waals surface area contributed by atoms with Crippen LogP contribution in [0.1, 0.15) is 17.2 Å². The van der Waals surface area contributed by atoms with Gasteiger partial charge in [-0.25, -0.2) is 4.98 Å². The molecule has 0 bridgehead atoms. The van der Waals surface area contributed by atoms with Crippen LogP contribution in [0.5, 0.6) is 0 Å². The van der Waals surface area contributed by atoms with Crippen molar-refractivity contribution in [3.8, 4) is 0 Å². The lowest BCUT2D eigenvalue weighted by molar-refractivity contribution is 0.110. The molecule has 4 rings (SSSR count). The Balaban J connectivity index is 1.40. The molecule has 1 aliphatic heterocycles. The highest BCUT2D eigenvalue weighted by molar-refractivity contribution is 5.84. The molecule has 130 valence electrons. The molecule has 0 aliphatic carbocycles. The Labute approximate surface area is 147 Å². The summed E-state index contributed by atoms with van der Waals surface area (Å²) in [5.74, 6) is 1.04. The lowest BCUT2D eigenvalue weighted by Gasteiger charge is -2.36. The number of aromatic nitrogens is 2. The second kappa shape index (κ2) is 6.86. The molecule has 1 aliphatic rings. The molecule has 2 N–H and O–H groups in total. The first-order valence-corrected chi connectivity index (χ1v) is 8.85. The number of hydrogen-bond donors (Lipinski definition) is 2. The smallest absolute Gasteiger partial charge is 0.128 e. The molecule has 3 aromatic rings. The van der Waals surface area contributed by atoms with Crippen LogP contribution in [0.25, 0.3) is 10.9 Å². The molecule has 0 unspecified atom stereocenters. The maximum atomic E-state index is 10.7. The van der Waals surface area contributed by atoms with Crippen molar-refractivity contribution in [2.24, 2.45) is 0 Å². The van der Waals surface area contributed by atoms with E-state index in [1.54, 1.807) is 0 Å². The summed E-state index contributed by atoms with van der Waals surface area (Å²) in [6.07, 6.45) is 3.31. The van der Waals surface area contributed by atoms with Crippen LogP contribution in [0.2, 0.25) is 0 Å². The van der Waals surface area contributed by atoms with Gasteiger partial charge in [-0.15, -0.1) is 0 Å². The molecule has 1 fully saturated rings. The average molecular weight is 336 g/mol. The number of pyridine rings is 1. The van der Waals surface area contributed by atoms with Crippen molar-refractivity contribution < 1.29 is 5.11 Å². The number of aliphatic hydroxyl groups is 1. The van der Waals surface area contributed by atoms with E-state index in [0.29, 0.717) is 6.54 Å². The minimum Gasteiger partial charge on any atom is -0.387 e. The standard InChI is InChI=1S/C20H24N4O/c1-15-5-6-18-16(12-15)17(13-22-18)19(25)14-23-8-10-24(11-9-23)20-4-2-3-7-21-20/h2-7,12-13,19,22,25H,8-11,14H2,1H3/t19-/m0/s1. The summed E-state index contributed by atoms with van der Waals surface area (Å²) in [7, 11) is 0. The fourth-order valence-corrected chi connectivity index (χ4v) is 3.58. The van der Waals surface area contributed by atoms with Gasteiger partial charge in [-0.05, 0) is 31.2 Å². The minimum atomic E-state index is -0.475. The van der Waals surface area contributed by atoms with Crippen molar-refractivity contribution in [2.45, 2.75) is 13.0 Å². The molecule has 3 heterocycles. The Morgan fingerprint density at radius 2 is 2.00 bits per heavy atom. The number of anilines is 1. The Kier molecular flexibility index (Phi) is 4.42. The zero-order valence-corrected chi connectivity index (χ0v) is 14.5. The third kappa shape index (κ3) is 3.38. The summed E-state index contributed by atoms with van der Waals surface area (Å²) in [6.45, 7) is 6.51. The van der Waals surface area contributed by atoms with E-state index in [0.717, 1.165) is 48.5 Å². The van der Waals surface area contributed by atoms with Crippen LogP contribution in [-0.2, 0) is 0 Å². The monoisotopic (exact) mass is 336 g/mol. The number of rotatable bonds is 4. The van der Waals surface area contributed by atoms with E-state index in [2.05, 4.69) is 51.0 Å². The third-order valence-electron chi connectivity index (χ3n) is 5.00. The summed E-state index contributed by atoms with van der Waals surface area (Å²) in [4.78, 5) is 12.3. The van der Waals surface area contributed by atoms with E-state index in [9.17, 15) is 5.11 Å². The van der Waals surface area contributed by atoms with Gasteiger partial charge in [0.15, 0.2) is 0 Å². The van der Waals surface area contributed by atoms with Crippen molar-refractivity contribution >= 4 is 16.7 Å². The molecular weight excluding hydrogens is 312 g/mol. The lowest BCUT2D eigenvalue weighted by Crippen LogP contribution is -2.47. The van der Waals surface area contributed by atoms with Crippen LogP contribution >= 0.6 is 0 Å². The maximum absolute atomic E-state index is 10.7. The second-order valence-electron chi connectivity index (χ2n) is 6.78. The molecular formula is C20H24N4O. The zero-order valence-electron chi connectivity index (χ0n) is 14.5. The van der Waals surface area contributed by atoms with E-state index in [1.807, 2.05) is 24.5 Å². The number of benzene rings is 1. The third-order valence-corrected chi connectivity index (χ3v) is 5.00. The Hall–Kier alpha value is -2.37. The molecule has 1 atom stereocenters. The minimum absolute atomic E-state index is 0.475. The summed E-state index contributed by atoms with van der Waals surface area (Å²) < 4.78 is 0. The molecule has 0 spiro atoms. The number of nitrogens with one attached hydrogen (secondary N) is 1. The first-order valence-electron chi connectivity index (χ1n) is 8.85. The summed E-state index contributed by atoms with van der Waals surface area (Å²) in [5, 5.41) is 11.9. The highest BCUT2D eigenvalue weighted by Gasteiger charge is 2.22. The van der Waals surface area contributed by atoms with Crippen LogP contribution in [0.15, 0.2) is 48.8 Å². The van der Waals surface area contributed by atoms with E-state index < -0.39 is 6.10 Å². The average Bonchev–Trinajstić information content (AvgIpc) is 3.06. The van der Waals surface area contributed by atoms with Crippen LogP contribution in [0, 0.1) is 6.92 Å². The van der Waals surface area contributed by atoms with E-state index >= 15 is 0 Å². The van der Waals surface area contributed by atoms with Gasteiger partial charge in [0.1, 0.15) is 5.82 Å². The number of nitrogens with zero attached hydrogens (tertiary/aromatic N) is 3. The summed E-state index contributed by atoms with van der Waals surface area (Å²) in [5.41, 5.74) is 3.29. The molecule has 0 amide bonds. The highest BCUT2D eigenvalue weighted by Crippen LogP contribution is 2.26. The topological polar surface area (TPSA) is 55.4 Å². The quantitative estimate of drug-likeness (QED) is 0.769. The molecule has 0 saturated carbocycles. The number of fused-ring (bicyclic) bond motifs is 1. The number of hydrogen-bond acceptors (Lipinski definition) is 4. The van der Waals surface area contributed by atoms with Crippen molar-refractivity contribution in [1.82, 2.24) is 14.9 Å². The lowest BCUT2D eigenvalue weighted by atomic mass is 10.1.